The molecule has 2 heterocycles. The van der Waals surface area contributed by atoms with E-state index in [4.69, 9.17) is 16.7 Å². The lowest BCUT2D eigenvalue weighted by Gasteiger charge is -2.37. The van der Waals surface area contributed by atoms with Gasteiger partial charge in [-0.15, -0.1) is 0 Å². The van der Waals surface area contributed by atoms with Gasteiger partial charge in [-0.25, -0.2) is 9.67 Å². The molecule has 4 nitrogen and oxygen atoms in total. The zero-order chi connectivity index (χ0) is 23.8. The van der Waals surface area contributed by atoms with Crippen molar-refractivity contribution in [3.8, 4) is 0 Å². The lowest BCUT2D eigenvalue weighted by Crippen LogP contribution is -2.38. The standard InChI is InChI=1S/C29H27ClN4.CH4/c1-28(2,3)32-27-24-20-31-26(30)19-25(24)34(33-27)29(21-13-7-4-8-14-21,22-15-9-5-10-16-22)23-17-11-6-12-18-23;/h4-20H,1-3H3,(H,32,33);1H4. The summed E-state index contributed by atoms with van der Waals surface area (Å²) in [5.41, 5.74) is 3.31. The number of anilines is 1. The van der Waals surface area contributed by atoms with Crippen molar-refractivity contribution in [3.63, 3.8) is 0 Å². The zero-order valence-corrected chi connectivity index (χ0v) is 20.3. The number of hydrogen-bond acceptors (Lipinski definition) is 3. The van der Waals surface area contributed by atoms with Gasteiger partial charge in [0.15, 0.2) is 5.82 Å². The van der Waals surface area contributed by atoms with Gasteiger partial charge in [-0.1, -0.05) is 110 Å². The molecular formula is C30H31ClN4. The number of fused-ring (bicyclic) bond motifs is 1. The highest BCUT2D eigenvalue weighted by Gasteiger charge is 2.41. The summed E-state index contributed by atoms with van der Waals surface area (Å²) in [4.78, 5) is 4.38. The Morgan fingerprint density at radius 3 is 1.63 bits per heavy atom. The number of halogens is 1. The van der Waals surface area contributed by atoms with Crippen molar-refractivity contribution in [1.82, 2.24) is 14.8 Å². The number of nitrogens with one attached hydrogen (secondary N) is 1. The van der Waals surface area contributed by atoms with E-state index in [9.17, 15) is 0 Å². The molecule has 3 aromatic carbocycles. The van der Waals surface area contributed by atoms with Crippen LogP contribution in [-0.2, 0) is 5.54 Å². The highest BCUT2D eigenvalue weighted by atomic mass is 35.5. The molecule has 0 atom stereocenters. The summed E-state index contributed by atoms with van der Waals surface area (Å²) in [6.45, 7) is 6.38. The largest absolute Gasteiger partial charge is 0.363 e. The first-order valence-corrected chi connectivity index (χ1v) is 11.8. The van der Waals surface area contributed by atoms with Crippen LogP contribution in [0.5, 0.6) is 0 Å². The lowest BCUT2D eigenvalue weighted by molar-refractivity contribution is 0.475. The summed E-state index contributed by atoms with van der Waals surface area (Å²) in [7, 11) is 0. The molecule has 5 rings (SSSR count). The smallest absolute Gasteiger partial charge is 0.158 e. The van der Waals surface area contributed by atoms with E-state index < -0.39 is 5.54 Å². The van der Waals surface area contributed by atoms with E-state index in [1.807, 2.05) is 24.3 Å². The summed E-state index contributed by atoms with van der Waals surface area (Å²) in [6, 6.07) is 33.4. The first kappa shape index (κ1) is 24.5. The van der Waals surface area contributed by atoms with Gasteiger partial charge in [0.05, 0.1) is 10.9 Å². The third-order valence-corrected chi connectivity index (χ3v) is 6.12. The molecular weight excluding hydrogens is 452 g/mol. The molecule has 2 aromatic heterocycles. The third kappa shape index (κ3) is 4.42. The van der Waals surface area contributed by atoms with Crippen molar-refractivity contribution in [3.05, 3.63) is 125 Å². The van der Waals surface area contributed by atoms with Gasteiger partial charge in [-0.05, 0) is 37.5 Å². The van der Waals surface area contributed by atoms with Gasteiger partial charge < -0.3 is 5.32 Å². The molecule has 178 valence electrons. The van der Waals surface area contributed by atoms with E-state index >= 15 is 0 Å². The van der Waals surface area contributed by atoms with E-state index in [0.717, 1.165) is 33.4 Å². The van der Waals surface area contributed by atoms with Crippen LogP contribution in [-0.4, -0.2) is 20.3 Å². The Morgan fingerprint density at radius 1 is 0.743 bits per heavy atom. The van der Waals surface area contributed by atoms with E-state index in [0.29, 0.717) is 5.15 Å². The maximum atomic E-state index is 6.45. The van der Waals surface area contributed by atoms with Crippen LogP contribution in [0.3, 0.4) is 0 Å². The molecule has 0 spiro atoms. The van der Waals surface area contributed by atoms with Gasteiger partial charge in [-0.3, -0.25) is 0 Å². The van der Waals surface area contributed by atoms with E-state index in [1.165, 1.54) is 0 Å². The fourth-order valence-corrected chi connectivity index (χ4v) is 4.75. The predicted molar refractivity (Wildman–Crippen MR) is 147 cm³/mol. The van der Waals surface area contributed by atoms with Gasteiger partial charge in [0.2, 0.25) is 0 Å². The molecule has 0 amide bonds. The second-order valence-electron chi connectivity index (χ2n) is 9.47. The average molecular weight is 483 g/mol. The minimum atomic E-state index is -0.732. The normalized spacial score (nSPS) is 11.8. The maximum absolute atomic E-state index is 6.45. The molecule has 0 fully saturated rings. The van der Waals surface area contributed by atoms with Crippen molar-refractivity contribution in [2.45, 2.75) is 39.3 Å². The van der Waals surface area contributed by atoms with Gasteiger partial charge in [0, 0.05) is 17.8 Å². The number of nitrogens with zero attached hydrogens (tertiary/aromatic N) is 3. The molecule has 0 radical (unpaired) electrons. The number of pyridine rings is 1. The molecule has 0 saturated heterocycles. The van der Waals surface area contributed by atoms with E-state index in [-0.39, 0.29) is 13.0 Å². The Labute approximate surface area is 212 Å². The zero-order valence-electron chi connectivity index (χ0n) is 19.5. The topological polar surface area (TPSA) is 42.7 Å². The van der Waals surface area contributed by atoms with Crippen molar-refractivity contribution in [2.24, 2.45) is 0 Å². The Morgan fingerprint density at radius 2 is 1.20 bits per heavy atom. The molecule has 0 bridgehead atoms. The first-order valence-electron chi connectivity index (χ1n) is 11.4. The monoisotopic (exact) mass is 482 g/mol. The minimum Gasteiger partial charge on any atom is -0.363 e. The predicted octanol–water partition coefficient (Wildman–Crippen LogP) is 7.77. The second kappa shape index (κ2) is 9.55. The highest BCUT2D eigenvalue weighted by Crippen LogP contribution is 2.43. The average Bonchev–Trinajstić information content (AvgIpc) is 3.18. The van der Waals surface area contributed by atoms with Crippen LogP contribution in [0.2, 0.25) is 5.15 Å². The molecule has 1 N–H and O–H groups in total. The number of rotatable bonds is 5. The molecule has 0 saturated carbocycles. The number of benzene rings is 3. The quantitative estimate of drug-likeness (QED) is 0.205. The fourth-order valence-electron chi connectivity index (χ4n) is 4.59. The van der Waals surface area contributed by atoms with Crippen molar-refractivity contribution >= 4 is 28.3 Å². The summed E-state index contributed by atoms with van der Waals surface area (Å²) >= 11 is 6.45. The summed E-state index contributed by atoms with van der Waals surface area (Å²) in [5.74, 6) is 0.777. The van der Waals surface area contributed by atoms with Crippen molar-refractivity contribution < 1.29 is 0 Å². The van der Waals surface area contributed by atoms with Crippen LogP contribution in [0.25, 0.3) is 10.9 Å². The number of hydrogen-bond donors (Lipinski definition) is 1. The first-order chi connectivity index (χ1) is 16.4. The SMILES string of the molecule is C.CC(C)(C)Nc1nn(C(c2ccccc2)(c2ccccc2)c2ccccc2)c2cc(Cl)ncc12. The number of aromatic nitrogens is 3. The summed E-state index contributed by atoms with van der Waals surface area (Å²) in [6.07, 6.45) is 1.81. The van der Waals surface area contributed by atoms with Crippen LogP contribution >= 0.6 is 11.6 Å². The van der Waals surface area contributed by atoms with Crippen LogP contribution < -0.4 is 5.32 Å². The lowest BCUT2D eigenvalue weighted by atomic mass is 9.77. The van der Waals surface area contributed by atoms with Crippen LogP contribution in [0, 0.1) is 0 Å². The van der Waals surface area contributed by atoms with Crippen LogP contribution in [0.1, 0.15) is 44.9 Å². The molecule has 5 aromatic rings. The summed E-state index contributed by atoms with van der Waals surface area (Å²) in [5, 5.41) is 10.2. The highest BCUT2D eigenvalue weighted by molar-refractivity contribution is 6.30. The van der Waals surface area contributed by atoms with Gasteiger partial charge >= 0.3 is 0 Å². The van der Waals surface area contributed by atoms with Gasteiger partial charge in [-0.2, -0.15) is 5.10 Å². The Balaban J connectivity index is 0.00000289. The summed E-state index contributed by atoms with van der Waals surface area (Å²) < 4.78 is 2.10. The molecule has 0 aliphatic heterocycles. The fraction of sp³-hybridized carbons (Fsp3) is 0.200. The molecule has 35 heavy (non-hydrogen) atoms. The van der Waals surface area contributed by atoms with Crippen LogP contribution in [0.15, 0.2) is 103 Å². The van der Waals surface area contributed by atoms with Gasteiger partial charge in [0.1, 0.15) is 10.7 Å². The van der Waals surface area contributed by atoms with Gasteiger partial charge in [0.25, 0.3) is 0 Å². The van der Waals surface area contributed by atoms with Crippen molar-refractivity contribution in [2.75, 3.05) is 5.32 Å². The Bertz CT molecular complexity index is 1310. The maximum Gasteiger partial charge on any atom is 0.158 e. The molecule has 0 unspecified atom stereocenters. The van der Waals surface area contributed by atoms with Crippen LogP contribution in [0.4, 0.5) is 5.82 Å². The molecule has 0 aliphatic rings. The second-order valence-corrected chi connectivity index (χ2v) is 9.86. The van der Waals surface area contributed by atoms with E-state index in [2.05, 4.69) is 109 Å². The minimum absolute atomic E-state index is 0. The van der Waals surface area contributed by atoms with E-state index in [1.54, 1.807) is 6.20 Å². The van der Waals surface area contributed by atoms with Crippen molar-refractivity contribution in [1.29, 1.82) is 0 Å². The Kier molecular flexibility index (Phi) is 6.68. The molecule has 0 aliphatic carbocycles. The third-order valence-electron chi connectivity index (χ3n) is 5.92. The Hall–Kier alpha value is -3.63. The molecule has 5 heteroatoms.